The van der Waals surface area contributed by atoms with Crippen LogP contribution in [0, 0.1) is 5.92 Å². The van der Waals surface area contributed by atoms with Crippen LogP contribution in [0.25, 0.3) is 0 Å². The monoisotopic (exact) mass is 244 g/mol. The molecule has 2 heteroatoms. The smallest absolute Gasteiger partial charge is 0.0401 e. The first kappa shape index (κ1) is 12.0. The van der Waals surface area contributed by atoms with E-state index in [4.69, 9.17) is 5.73 Å². The Bertz CT molecular complexity index is 402. The number of anilines is 1. The second kappa shape index (κ2) is 5.31. The first-order valence-corrected chi connectivity index (χ1v) is 7.45. The molecule has 1 aromatic carbocycles. The van der Waals surface area contributed by atoms with Crippen LogP contribution in [0.3, 0.4) is 0 Å². The highest BCUT2D eigenvalue weighted by molar-refractivity contribution is 5.55. The lowest BCUT2D eigenvalue weighted by Gasteiger charge is -2.35. The molecule has 98 valence electrons. The maximum Gasteiger partial charge on any atom is 0.0401 e. The van der Waals surface area contributed by atoms with Crippen LogP contribution in [0.5, 0.6) is 0 Å². The van der Waals surface area contributed by atoms with Crippen molar-refractivity contribution in [3.63, 3.8) is 0 Å². The summed E-state index contributed by atoms with van der Waals surface area (Å²) in [5.74, 6) is 0.705. The summed E-state index contributed by atoms with van der Waals surface area (Å²) in [7, 11) is 0. The summed E-state index contributed by atoms with van der Waals surface area (Å²) in [5, 5.41) is 0. The van der Waals surface area contributed by atoms with Gasteiger partial charge in [-0.3, -0.25) is 0 Å². The van der Waals surface area contributed by atoms with Crippen LogP contribution in [-0.4, -0.2) is 19.1 Å². The van der Waals surface area contributed by atoms with Crippen LogP contribution in [0.1, 0.15) is 37.7 Å². The molecule has 1 fully saturated rings. The Morgan fingerprint density at radius 3 is 2.89 bits per heavy atom. The van der Waals surface area contributed by atoms with Crippen molar-refractivity contribution in [3.8, 4) is 0 Å². The molecule has 0 amide bonds. The number of hydrogen-bond acceptors (Lipinski definition) is 2. The summed E-state index contributed by atoms with van der Waals surface area (Å²) in [6, 6.07) is 9.67. The third-order valence-corrected chi connectivity index (χ3v) is 4.72. The third kappa shape index (κ3) is 2.14. The van der Waals surface area contributed by atoms with Crippen molar-refractivity contribution in [3.05, 3.63) is 29.8 Å². The van der Waals surface area contributed by atoms with Gasteiger partial charge in [0.2, 0.25) is 0 Å². The molecule has 2 aliphatic rings. The van der Waals surface area contributed by atoms with E-state index < -0.39 is 0 Å². The second-order valence-electron chi connectivity index (χ2n) is 5.77. The first-order chi connectivity index (χ1) is 8.90. The van der Waals surface area contributed by atoms with E-state index in [9.17, 15) is 0 Å². The molecule has 0 saturated heterocycles. The lowest BCUT2D eigenvalue weighted by molar-refractivity contribution is 0.455. The highest BCUT2D eigenvalue weighted by Crippen LogP contribution is 2.36. The van der Waals surface area contributed by atoms with E-state index in [-0.39, 0.29) is 0 Å². The van der Waals surface area contributed by atoms with Crippen molar-refractivity contribution >= 4 is 5.69 Å². The van der Waals surface area contributed by atoms with Gasteiger partial charge < -0.3 is 10.6 Å². The molecule has 1 aliphatic carbocycles. The fourth-order valence-electron chi connectivity index (χ4n) is 3.77. The van der Waals surface area contributed by atoms with Crippen molar-refractivity contribution in [1.82, 2.24) is 0 Å². The van der Waals surface area contributed by atoms with Crippen LogP contribution in [0.2, 0.25) is 0 Å². The van der Waals surface area contributed by atoms with Crippen LogP contribution < -0.4 is 10.6 Å². The van der Waals surface area contributed by atoms with Gasteiger partial charge >= 0.3 is 0 Å². The molecule has 1 heterocycles. The number of para-hydroxylation sites is 1. The Kier molecular flexibility index (Phi) is 3.55. The SMILES string of the molecule is NCC1CCCC1N1CCCCc2ccccc21. The van der Waals surface area contributed by atoms with Crippen LogP contribution in [0.15, 0.2) is 24.3 Å². The molecule has 2 N–H and O–H groups in total. The molecule has 18 heavy (non-hydrogen) atoms. The van der Waals surface area contributed by atoms with Gasteiger partial charge in [0, 0.05) is 18.3 Å². The van der Waals surface area contributed by atoms with Gasteiger partial charge in [0.05, 0.1) is 0 Å². The minimum Gasteiger partial charge on any atom is -0.368 e. The van der Waals surface area contributed by atoms with Crippen molar-refractivity contribution in [2.75, 3.05) is 18.0 Å². The number of rotatable bonds is 2. The number of nitrogens with zero attached hydrogens (tertiary/aromatic N) is 1. The molecule has 0 bridgehead atoms. The summed E-state index contributed by atoms with van der Waals surface area (Å²) in [4.78, 5) is 2.67. The Morgan fingerprint density at radius 1 is 1.11 bits per heavy atom. The number of benzene rings is 1. The highest BCUT2D eigenvalue weighted by atomic mass is 15.2. The topological polar surface area (TPSA) is 29.3 Å². The number of nitrogens with two attached hydrogens (primary N) is 1. The molecule has 2 unspecified atom stereocenters. The normalized spacial score (nSPS) is 27.9. The summed E-state index contributed by atoms with van der Waals surface area (Å²) in [6.07, 6.45) is 7.89. The zero-order valence-electron chi connectivity index (χ0n) is 11.1. The Labute approximate surface area is 110 Å². The maximum atomic E-state index is 5.96. The van der Waals surface area contributed by atoms with Gasteiger partial charge in [-0.05, 0) is 56.2 Å². The van der Waals surface area contributed by atoms with E-state index in [0.29, 0.717) is 12.0 Å². The molecule has 1 aliphatic heterocycles. The second-order valence-corrected chi connectivity index (χ2v) is 5.77. The molecular formula is C16H24N2. The zero-order valence-corrected chi connectivity index (χ0v) is 11.1. The van der Waals surface area contributed by atoms with Gasteiger partial charge in [0.1, 0.15) is 0 Å². The van der Waals surface area contributed by atoms with Gasteiger partial charge in [-0.25, -0.2) is 0 Å². The van der Waals surface area contributed by atoms with Crippen LogP contribution >= 0.6 is 0 Å². The molecule has 0 radical (unpaired) electrons. The third-order valence-electron chi connectivity index (χ3n) is 4.72. The molecule has 1 saturated carbocycles. The standard InChI is InChI=1S/C16H24N2/c17-12-14-8-5-10-16(14)18-11-4-3-7-13-6-1-2-9-15(13)18/h1-2,6,9,14,16H,3-5,7-8,10-12,17H2. The fourth-order valence-corrected chi connectivity index (χ4v) is 3.77. The predicted molar refractivity (Wildman–Crippen MR) is 76.9 cm³/mol. The lowest BCUT2D eigenvalue weighted by atomic mass is 10.0. The Balaban J connectivity index is 1.91. The van der Waals surface area contributed by atoms with Crippen molar-refractivity contribution in [2.45, 2.75) is 44.6 Å². The molecule has 1 aromatic rings. The Hall–Kier alpha value is -1.02. The minimum atomic E-state index is 0.689. The highest BCUT2D eigenvalue weighted by Gasteiger charge is 2.32. The molecule has 0 aromatic heterocycles. The van der Waals surface area contributed by atoms with E-state index in [1.807, 2.05) is 0 Å². The van der Waals surface area contributed by atoms with E-state index in [1.165, 1.54) is 56.3 Å². The first-order valence-electron chi connectivity index (χ1n) is 7.45. The number of fused-ring (bicyclic) bond motifs is 1. The van der Waals surface area contributed by atoms with E-state index in [2.05, 4.69) is 29.2 Å². The number of hydrogen-bond donors (Lipinski definition) is 1. The van der Waals surface area contributed by atoms with Gasteiger partial charge in [0.25, 0.3) is 0 Å². The van der Waals surface area contributed by atoms with Crippen molar-refractivity contribution < 1.29 is 0 Å². The molecule has 2 atom stereocenters. The molecule has 3 rings (SSSR count). The van der Waals surface area contributed by atoms with Gasteiger partial charge in [0.15, 0.2) is 0 Å². The minimum absolute atomic E-state index is 0.689. The summed E-state index contributed by atoms with van der Waals surface area (Å²) in [5.41, 5.74) is 8.99. The van der Waals surface area contributed by atoms with E-state index in [1.54, 1.807) is 0 Å². The predicted octanol–water partition coefficient (Wildman–Crippen LogP) is 2.96. The lowest BCUT2D eigenvalue weighted by Crippen LogP contribution is -2.41. The van der Waals surface area contributed by atoms with Crippen LogP contribution in [-0.2, 0) is 6.42 Å². The number of aryl methyl sites for hydroxylation is 1. The molecule has 0 spiro atoms. The maximum absolute atomic E-state index is 5.96. The average Bonchev–Trinajstić information content (AvgIpc) is 2.78. The van der Waals surface area contributed by atoms with Crippen LogP contribution in [0.4, 0.5) is 5.69 Å². The summed E-state index contributed by atoms with van der Waals surface area (Å²) in [6.45, 7) is 2.07. The quantitative estimate of drug-likeness (QED) is 0.866. The largest absolute Gasteiger partial charge is 0.368 e. The zero-order chi connectivity index (χ0) is 12.4. The average molecular weight is 244 g/mol. The van der Waals surface area contributed by atoms with E-state index >= 15 is 0 Å². The Morgan fingerprint density at radius 2 is 2.00 bits per heavy atom. The summed E-state index contributed by atoms with van der Waals surface area (Å²) < 4.78 is 0. The molecular weight excluding hydrogens is 220 g/mol. The van der Waals surface area contributed by atoms with Crippen molar-refractivity contribution in [1.29, 1.82) is 0 Å². The van der Waals surface area contributed by atoms with Gasteiger partial charge in [-0.15, -0.1) is 0 Å². The molecule has 2 nitrogen and oxygen atoms in total. The fraction of sp³-hybridized carbons (Fsp3) is 0.625. The van der Waals surface area contributed by atoms with Gasteiger partial charge in [-0.1, -0.05) is 24.6 Å². The van der Waals surface area contributed by atoms with E-state index in [0.717, 1.165) is 6.54 Å². The summed E-state index contributed by atoms with van der Waals surface area (Å²) >= 11 is 0. The van der Waals surface area contributed by atoms with Crippen molar-refractivity contribution in [2.24, 2.45) is 11.7 Å². The van der Waals surface area contributed by atoms with Gasteiger partial charge in [-0.2, -0.15) is 0 Å².